The van der Waals surface area contributed by atoms with Crippen LogP contribution < -0.4 is 0 Å². The first-order valence-electron chi connectivity index (χ1n) is 6.03. The van der Waals surface area contributed by atoms with Crippen molar-refractivity contribution in [1.29, 1.82) is 0 Å². The van der Waals surface area contributed by atoms with Gasteiger partial charge in [-0.15, -0.1) is 10.2 Å². The molecule has 3 rings (SSSR count). The lowest BCUT2D eigenvalue weighted by atomic mass is 10.3. The summed E-state index contributed by atoms with van der Waals surface area (Å²) in [6, 6.07) is 12.6. The van der Waals surface area contributed by atoms with Gasteiger partial charge in [-0.25, -0.2) is 9.78 Å². The Morgan fingerprint density at radius 1 is 1.14 bits per heavy atom. The van der Waals surface area contributed by atoms with Crippen molar-refractivity contribution in [3.8, 4) is 0 Å². The summed E-state index contributed by atoms with van der Waals surface area (Å²) < 4.78 is 2.38. The summed E-state index contributed by atoms with van der Waals surface area (Å²) >= 11 is 3.34. The highest BCUT2D eigenvalue weighted by atomic mass is 79.9. The van der Waals surface area contributed by atoms with Crippen LogP contribution in [-0.4, -0.2) is 20.5 Å². The summed E-state index contributed by atoms with van der Waals surface area (Å²) in [4.78, 5) is 15.4. The van der Waals surface area contributed by atoms with Gasteiger partial charge in [0.15, 0.2) is 11.5 Å². The molecule has 0 bridgehead atoms. The predicted octanol–water partition coefficient (Wildman–Crippen LogP) is 4.21. The van der Waals surface area contributed by atoms with Crippen LogP contribution in [0.3, 0.4) is 0 Å². The number of benzene rings is 1. The first kappa shape index (κ1) is 13.4. The van der Waals surface area contributed by atoms with Crippen LogP contribution in [-0.2, 0) is 0 Å². The Balaban J connectivity index is 2.15. The lowest BCUT2D eigenvalue weighted by Crippen LogP contribution is -1.96. The minimum absolute atomic E-state index is 0.132. The average Bonchev–Trinajstić information content (AvgIpc) is 2.84. The fourth-order valence-electron chi connectivity index (χ4n) is 1.85. The zero-order valence-corrected chi connectivity index (χ0v) is 12.2. The number of aromatic carboxylic acids is 1. The average molecular weight is 345 g/mol. The molecule has 0 saturated heterocycles. The van der Waals surface area contributed by atoms with Gasteiger partial charge in [0.25, 0.3) is 0 Å². The SMILES string of the molecule is O=C(O)c1nc2ccc(Br)cn2c1N=Nc1ccccc1. The van der Waals surface area contributed by atoms with Crippen molar-refractivity contribution in [1.82, 2.24) is 9.38 Å². The van der Waals surface area contributed by atoms with Crippen LogP contribution in [0.1, 0.15) is 10.5 Å². The Bertz CT molecular complexity index is 843. The van der Waals surface area contributed by atoms with E-state index in [1.165, 1.54) is 0 Å². The normalized spacial score (nSPS) is 11.3. The van der Waals surface area contributed by atoms with E-state index in [9.17, 15) is 9.90 Å². The minimum Gasteiger partial charge on any atom is -0.476 e. The second-order valence-electron chi connectivity index (χ2n) is 4.20. The highest BCUT2D eigenvalue weighted by Gasteiger charge is 2.18. The molecule has 7 heteroatoms. The van der Waals surface area contributed by atoms with Crippen molar-refractivity contribution in [3.63, 3.8) is 0 Å². The molecule has 1 N–H and O–H groups in total. The first-order chi connectivity index (χ1) is 10.1. The molecule has 0 aliphatic carbocycles. The Kier molecular flexibility index (Phi) is 3.49. The monoisotopic (exact) mass is 344 g/mol. The van der Waals surface area contributed by atoms with Crippen LogP contribution >= 0.6 is 15.9 Å². The zero-order valence-electron chi connectivity index (χ0n) is 10.6. The minimum atomic E-state index is -1.14. The maximum atomic E-state index is 11.3. The summed E-state index contributed by atoms with van der Waals surface area (Å²) in [5.41, 5.74) is 1.00. The number of hydrogen-bond acceptors (Lipinski definition) is 4. The number of rotatable bonds is 3. The topological polar surface area (TPSA) is 79.3 Å². The first-order valence-corrected chi connectivity index (χ1v) is 6.82. The van der Waals surface area contributed by atoms with E-state index in [2.05, 4.69) is 31.1 Å². The number of pyridine rings is 1. The van der Waals surface area contributed by atoms with Crippen LogP contribution in [0.2, 0.25) is 0 Å². The standard InChI is InChI=1S/C14H9BrN4O2/c15-9-6-7-11-16-12(14(20)21)13(19(11)8-9)18-17-10-4-2-1-3-5-10/h1-8H,(H,20,21). The van der Waals surface area contributed by atoms with Gasteiger partial charge in [-0.1, -0.05) is 18.2 Å². The Labute approximate surface area is 127 Å². The van der Waals surface area contributed by atoms with E-state index < -0.39 is 5.97 Å². The summed E-state index contributed by atoms with van der Waals surface area (Å²) in [6.07, 6.45) is 1.70. The number of nitrogens with zero attached hydrogens (tertiary/aromatic N) is 4. The molecular formula is C14H9BrN4O2. The molecule has 0 unspecified atom stereocenters. The van der Waals surface area contributed by atoms with Gasteiger partial charge in [0, 0.05) is 10.7 Å². The second-order valence-corrected chi connectivity index (χ2v) is 5.12. The smallest absolute Gasteiger partial charge is 0.358 e. The summed E-state index contributed by atoms with van der Waals surface area (Å²) in [5.74, 6) is -0.959. The molecule has 1 aromatic carbocycles. The quantitative estimate of drug-likeness (QED) is 0.722. The maximum absolute atomic E-state index is 11.3. The molecular weight excluding hydrogens is 336 g/mol. The molecule has 104 valence electrons. The van der Waals surface area contributed by atoms with E-state index in [1.54, 1.807) is 34.9 Å². The molecule has 2 aromatic heterocycles. The number of imidazole rings is 1. The number of halogens is 1. The molecule has 2 heterocycles. The maximum Gasteiger partial charge on any atom is 0.358 e. The third-order valence-electron chi connectivity index (χ3n) is 2.78. The van der Waals surface area contributed by atoms with Crippen molar-refractivity contribution < 1.29 is 9.90 Å². The molecule has 0 radical (unpaired) electrons. The molecule has 0 atom stereocenters. The van der Waals surface area contributed by atoms with Crippen molar-refractivity contribution in [3.05, 3.63) is 58.8 Å². The van der Waals surface area contributed by atoms with Gasteiger partial charge >= 0.3 is 5.97 Å². The van der Waals surface area contributed by atoms with Gasteiger partial charge in [0.1, 0.15) is 5.65 Å². The third-order valence-corrected chi connectivity index (χ3v) is 3.25. The highest BCUT2D eigenvalue weighted by molar-refractivity contribution is 9.10. The van der Waals surface area contributed by atoms with E-state index in [-0.39, 0.29) is 11.5 Å². The molecule has 0 fully saturated rings. The van der Waals surface area contributed by atoms with Crippen LogP contribution in [0.5, 0.6) is 0 Å². The number of carboxylic acid groups (broad SMARTS) is 1. The molecule has 0 aliphatic heterocycles. The van der Waals surface area contributed by atoms with E-state index >= 15 is 0 Å². The summed E-state index contributed by atoms with van der Waals surface area (Å²) in [5, 5.41) is 17.4. The lowest BCUT2D eigenvalue weighted by Gasteiger charge is -1.97. The number of hydrogen-bond donors (Lipinski definition) is 1. The molecule has 0 saturated carbocycles. The van der Waals surface area contributed by atoms with Gasteiger partial charge in [0.05, 0.1) is 5.69 Å². The number of aromatic nitrogens is 2. The highest BCUT2D eigenvalue weighted by Crippen LogP contribution is 2.25. The molecule has 0 amide bonds. The van der Waals surface area contributed by atoms with Crippen molar-refractivity contribution in [2.75, 3.05) is 0 Å². The Hall–Kier alpha value is -2.54. The van der Waals surface area contributed by atoms with E-state index in [0.717, 1.165) is 4.47 Å². The number of azo groups is 1. The Morgan fingerprint density at radius 3 is 2.62 bits per heavy atom. The second kappa shape index (κ2) is 5.45. The van der Waals surface area contributed by atoms with Crippen LogP contribution in [0.25, 0.3) is 5.65 Å². The van der Waals surface area contributed by atoms with Gasteiger partial charge < -0.3 is 5.11 Å². The van der Waals surface area contributed by atoms with Crippen LogP contribution in [0, 0.1) is 0 Å². The van der Waals surface area contributed by atoms with E-state index in [4.69, 9.17) is 0 Å². The Morgan fingerprint density at radius 2 is 1.90 bits per heavy atom. The molecule has 6 nitrogen and oxygen atoms in total. The third kappa shape index (κ3) is 2.68. The summed E-state index contributed by atoms with van der Waals surface area (Å²) in [6.45, 7) is 0. The predicted molar refractivity (Wildman–Crippen MR) is 80.5 cm³/mol. The number of carboxylic acids is 1. The summed E-state index contributed by atoms with van der Waals surface area (Å²) in [7, 11) is 0. The van der Waals surface area contributed by atoms with Gasteiger partial charge in [0.2, 0.25) is 0 Å². The number of carbonyl (C=O) groups is 1. The van der Waals surface area contributed by atoms with Gasteiger partial charge in [-0.3, -0.25) is 4.40 Å². The van der Waals surface area contributed by atoms with Crippen LogP contribution in [0.15, 0.2) is 63.4 Å². The fraction of sp³-hybridized carbons (Fsp3) is 0. The fourth-order valence-corrected chi connectivity index (χ4v) is 2.18. The van der Waals surface area contributed by atoms with Crippen molar-refractivity contribution in [2.45, 2.75) is 0 Å². The van der Waals surface area contributed by atoms with Gasteiger partial charge in [-0.05, 0) is 40.2 Å². The lowest BCUT2D eigenvalue weighted by molar-refractivity contribution is 0.0692. The van der Waals surface area contributed by atoms with Crippen molar-refractivity contribution in [2.24, 2.45) is 10.2 Å². The molecule has 0 aliphatic rings. The zero-order chi connectivity index (χ0) is 14.8. The molecule has 21 heavy (non-hydrogen) atoms. The molecule has 0 spiro atoms. The number of fused-ring (bicyclic) bond motifs is 1. The van der Waals surface area contributed by atoms with Gasteiger partial charge in [-0.2, -0.15) is 0 Å². The molecule has 3 aromatic rings. The van der Waals surface area contributed by atoms with E-state index in [1.807, 2.05) is 18.2 Å². The van der Waals surface area contributed by atoms with Crippen molar-refractivity contribution >= 4 is 39.1 Å². The van der Waals surface area contributed by atoms with E-state index in [0.29, 0.717) is 11.3 Å². The largest absolute Gasteiger partial charge is 0.476 e. The van der Waals surface area contributed by atoms with Crippen LogP contribution in [0.4, 0.5) is 11.5 Å².